The molecule has 7 heteroatoms. The van der Waals surface area contributed by atoms with Crippen molar-refractivity contribution in [2.45, 2.75) is 13.8 Å². The van der Waals surface area contributed by atoms with Gasteiger partial charge in [-0.1, -0.05) is 32.0 Å². The number of nitrogens with zero attached hydrogens (tertiary/aromatic N) is 1. The second kappa shape index (κ2) is 8.68. The average molecular weight is 344 g/mol. The Morgan fingerprint density at radius 3 is 2.64 bits per heavy atom. The van der Waals surface area contributed by atoms with E-state index in [1.165, 1.54) is 18.2 Å². The van der Waals surface area contributed by atoms with Gasteiger partial charge >= 0.3 is 5.69 Å². The molecule has 0 saturated heterocycles. The molecule has 25 heavy (non-hydrogen) atoms. The Balaban J connectivity index is 1.92. The van der Waals surface area contributed by atoms with E-state index in [2.05, 4.69) is 5.32 Å². The molecule has 0 saturated carbocycles. The lowest BCUT2D eigenvalue weighted by atomic mass is 10.2. The van der Waals surface area contributed by atoms with Crippen LogP contribution in [0, 0.1) is 16.0 Å². The number of hydrogen-bond donors (Lipinski definition) is 1. The minimum absolute atomic E-state index is 0.0525. The van der Waals surface area contributed by atoms with Crippen molar-refractivity contribution in [1.82, 2.24) is 0 Å². The highest BCUT2D eigenvalue weighted by Crippen LogP contribution is 2.25. The van der Waals surface area contributed by atoms with Gasteiger partial charge < -0.3 is 14.8 Å². The summed E-state index contributed by atoms with van der Waals surface area (Å²) < 4.78 is 10.9. The summed E-state index contributed by atoms with van der Waals surface area (Å²) in [6, 6.07) is 12.9. The number of benzene rings is 2. The van der Waals surface area contributed by atoms with Gasteiger partial charge in [0.25, 0.3) is 5.91 Å². The molecule has 2 rings (SSSR count). The molecule has 0 unspecified atom stereocenters. The molecule has 2 aromatic carbocycles. The maximum absolute atomic E-state index is 12.0. The van der Waals surface area contributed by atoms with Crippen molar-refractivity contribution in [2.75, 3.05) is 18.5 Å². The van der Waals surface area contributed by atoms with Gasteiger partial charge in [-0.05, 0) is 24.1 Å². The van der Waals surface area contributed by atoms with Crippen LogP contribution in [-0.4, -0.2) is 24.0 Å². The van der Waals surface area contributed by atoms with E-state index in [-0.39, 0.29) is 18.0 Å². The number of hydrogen-bond acceptors (Lipinski definition) is 5. The van der Waals surface area contributed by atoms with Gasteiger partial charge in [0.2, 0.25) is 0 Å². The summed E-state index contributed by atoms with van der Waals surface area (Å²) in [5.74, 6) is 0.690. The monoisotopic (exact) mass is 344 g/mol. The summed E-state index contributed by atoms with van der Waals surface area (Å²) in [5.41, 5.74) is 0.386. The van der Waals surface area contributed by atoms with Crippen molar-refractivity contribution in [1.29, 1.82) is 0 Å². The number of ether oxygens (including phenoxy) is 2. The third-order valence-electron chi connectivity index (χ3n) is 3.12. The molecule has 0 aliphatic carbocycles. The van der Waals surface area contributed by atoms with E-state index in [4.69, 9.17) is 9.47 Å². The first-order chi connectivity index (χ1) is 12.0. The number of carbonyl (C=O) groups is 1. The zero-order chi connectivity index (χ0) is 18.2. The van der Waals surface area contributed by atoms with Gasteiger partial charge in [-0.15, -0.1) is 0 Å². The number of para-hydroxylation sites is 2. The van der Waals surface area contributed by atoms with Crippen LogP contribution < -0.4 is 14.8 Å². The standard InChI is InChI=1S/C18H20N2O5/c1-13(2)11-24-15-7-5-6-14(10-15)19-18(21)12-25-17-9-4-3-8-16(17)20(22)23/h3-10,13H,11-12H2,1-2H3,(H,19,21). The number of rotatable bonds is 8. The molecular formula is C18H20N2O5. The quantitative estimate of drug-likeness (QED) is 0.583. The zero-order valence-electron chi connectivity index (χ0n) is 14.1. The van der Waals surface area contributed by atoms with Crippen molar-refractivity contribution in [3.63, 3.8) is 0 Å². The SMILES string of the molecule is CC(C)COc1cccc(NC(=O)COc2ccccc2[N+](=O)[O-])c1. The largest absolute Gasteiger partial charge is 0.493 e. The van der Waals surface area contributed by atoms with Crippen LogP contribution in [0.15, 0.2) is 48.5 Å². The Labute approximate surface area is 145 Å². The van der Waals surface area contributed by atoms with E-state index in [0.717, 1.165) is 0 Å². The lowest BCUT2D eigenvalue weighted by Gasteiger charge is -2.11. The number of anilines is 1. The van der Waals surface area contributed by atoms with Crippen LogP contribution in [0.25, 0.3) is 0 Å². The number of nitro groups is 1. The minimum Gasteiger partial charge on any atom is -0.493 e. The van der Waals surface area contributed by atoms with E-state index in [9.17, 15) is 14.9 Å². The number of nitro benzene ring substituents is 1. The van der Waals surface area contributed by atoms with Crippen molar-refractivity contribution < 1.29 is 19.2 Å². The van der Waals surface area contributed by atoms with Gasteiger partial charge in [-0.2, -0.15) is 0 Å². The molecule has 0 aromatic heterocycles. The second-order valence-electron chi connectivity index (χ2n) is 5.79. The highest BCUT2D eigenvalue weighted by atomic mass is 16.6. The van der Waals surface area contributed by atoms with Crippen LogP contribution in [0.5, 0.6) is 11.5 Å². The molecule has 7 nitrogen and oxygen atoms in total. The zero-order valence-corrected chi connectivity index (χ0v) is 14.1. The maximum atomic E-state index is 12.0. The Morgan fingerprint density at radius 1 is 1.16 bits per heavy atom. The molecule has 0 atom stereocenters. The summed E-state index contributed by atoms with van der Waals surface area (Å²) in [6.45, 7) is 4.34. The van der Waals surface area contributed by atoms with E-state index >= 15 is 0 Å². The Kier molecular flexibility index (Phi) is 6.33. The predicted molar refractivity (Wildman–Crippen MR) is 94.0 cm³/mol. The lowest BCUT2D eigenvalue weighted by molar-refractivity contribution is -0.385. The molecule has 0 radical (unpaired) electrons. The normalized spacial score (nSPS) is 10.4. The molecule has 1 N–H and O–H groups in total. The lowest BCUT2D eigenvalue weighted by Crippen LogP contribution is -2.20. The van der Waals surface area contributed by atoms with Crippen LogP contribution in [0.2, 0.25) is 0 Å². The fourth-order valence-corrected chi connectivity index (χ4v) is 2.00. The topological polar surface area (TPSA) is 90.7 Å². The van der Waals surface area contributed by atoms with Gasteiger partial charge in [0, 0.05) is 17.8 Å². The van der Waals surface area contributed by atoms with Gasteiger partial charge in [0.05, 0.1) is 11.5 Å². The van der Waals surface area contributed by atoms with Crippen molar-refractivity contribution in [3.05, 3.63) is 58.6 Å². The molecule has 2 aromatic rings. The van der Waals surface area contributed by atoms with Crippen LogP contribution in [0.4, 0.5) is 11.4 Å². The number of amides is 1. The molecule has 0 heterocycles. The van der Waals surface area contributed by atoms with Crippen LogP contribution in [0.1, 0.15) is 13.8 Å². The molecule has 0 bridgehead atoms. The molecule has 0 spiro atoms. The average Bonchev–Trinajstić information content (AvgIpc) is 2.58. The van der Waals surface area contributed by atoms with E-state index in [1.54, 1.807) is 24.3 Å². The molecule has 132 valence electrons. The first kappa shape index (κ1) is 18.3. The van der Waals surface area contributed by atoms with E-state index in [0.29, 0.717) is 24.0 Å². The molecule has 0 aliphatic rings. The predicted octanol–water partition coefficient (Wildman–Crippen LogP) is 3.65. The summed E-state index contributed by atoms with van der Waals surface area (Å²) >= 11 is 0. The van der Waals surface area contributed by atoms with E-state index < -0.39 is 10.8 Å². The van der Waals surface area contributed by atoms with Crippen molar-refractivity contribution in [3.8, 4) is 11.5 Å². The first-order valence-corrected chi connectivity index (χ1v) is 7.84. The summed E-state index contributed by atoms with van der Waals surface area (Å²) in [7, 11) is 0. The second-order valence-corrected chi connectivity index (χ2v) is 5.79. The highest BCUT2D eigenvalue weighted by molar-refractivity contribution is 5.92. The molecular weight excluding hydrogens is 324 g/mol. The van der Waals surface area contributed by atoms with Crippen LogP contribution in [-0.2, 0) is 4.79 Å². The fraction of sp³-hybridized carbons (Fsp3) is 0.278. The summed E-state index contributed by atoms with van der Waals surface area (Å²) in [4.78, 5) is 22.4. The minimum atomic E-state index is -0.553. The van der Waals surface area contributed by atoms with Gasteiger partial charge in [0.1, 0.15) is 5.75 Å². The van der Waals surface area contributed by atoms with Gasteiger partial charge in [-0.25, -0.2) is 0 Å². The Morgan fingerprint density at radius 2 is 1.92 bits per heavy atom. The van der Waals surface area contributed by atoms with Crippen LogP contribution in [0.3, 0.4) is 0 Å². The molecule has 1 amide bonds. The third-order valence-corrected chi connectivity index (χ3v) is 3.12. The first-order valence-electron chi connectivity index (χ1n) is 7.84. The van der Waals surface area contributed by atoms with E-state index in [1.807, 2.05) is 19.9 Å². The number of nitrogens with one attached hydrogen (secondary N) is 1. The van der Waals surface area contributed by atoms with Gasteiger partial charge in [0.15, 0.2) is 12.4 Å². The Hall–Kier alpha value is -3.09. The molecule has 0 aliphatic heterocycles. The third kappa shape index (κ3) is 5.80. The summed E-state index contributed by atoms with van der Waals surface area (Å²) in [5, 5.41) is 13.6. The molecule has 0 fully saturated rings. The highest BCUT2D eigenvalue weighted by Gasteiger charge is 2.15. The maximum Gasteiger partial charge on any atom is 0.310 e. The Bertz CT molecular complexity index is 746. The smallest absolute Gasteiger partial charge is 0.310 e. The summed E-state index contributed by atoms with van der Waals surface area (Å²) in [6.07, 6.45) is 0. The van der Waals surface area contributed by atoms with Crippen molar-refractivity contribution in [2.24, 2.45) is 5.92 Å². The van der Waals surface area contributed by atoms with Crippen molar-refractivity contribution >= 4 is 17.3 Å². The van der Waals surface area contributed by atoms with Crippen LogP contribution >= 0.6 is 0 Å². The van der Waals surface area contributed by atoms with Gasteiger partial charge in [-0.3, -0.25) is 14.9 Å². The number of carbonyl (C=O) groups excluding carboxylic acids is 1. The fourth-order valence-electron chi connectivity index (χ4n) is 2.00.